The van der Waals surface area contributed by atoms with Crippen molar-refractivity contribution < 1.29 is 24.3 Å². The largest absolute Gasteiger partial charge is 0.507 e. The molecule has 0 spiro atoms. The van der Waals surface area contributed by atoms with E-state index in [1.807, 2.05) is 0 Å². The Hall–Kier alpha value is -2.70. The fraction of sp³-hybridized carbons (Fsp3) is 0.333. The lowest BCUT2D eigenvalue weighted by Crippen LogP contribution is -2.47. The summed E-state index contributed by atoms with van der Waals surface area (Å²) in [7, 11) is 2.81. The Balaban J connectivity index is 3.16. The minimum absolute atomic E-state index is 0.0305. The molecule has 1 atom stereocenters. The monoisotopic (exact) mass is 306 g/mol. The van der Waals surface area contributed by atoms with Gasteiger partial charge in [0.05, 0.1) is 5.56 Å². The molecule has 0 bridgehead atoms. The van der Waals surface area contributed by atoms with Crippen molar-refractivity contribution in [3.63, 3.8) is 0 Å². The molecule has 0 aliphatic rings. The molecule has 22 heavy (non-hydrogen) atoms. The Kier molecular flexibility index (Phi) is 6.25. The molecule has 0 saturated carbocycles. The fourth-order valence-electron chi connectivity index (χ4n) is 2.10. The predicted molar refractivity (Wildman–Crippen MR) is 78.7 cm³/mol. The third kappa shape index (κ3) is 3.69. The van der Waals surface area contributed by atoms with Crippen molar-refractivity contribution in [2.24, 2.45) is 0 Å². The maximum Gasteiger partial charge on any atom is 0.258 e. The molecular formula is C15H18N2O5. The van der Waals surface area contributed by atoms with Crippen molar-refractivity contribution in [2.75, 3.05) is 14.1 Å². The molecule has 1 rings (SSSR count). The number of phenols is 1. The number of carbonyl (C=O) groups is 4. The van der Waals surface area contributed by atoms with Gasteiger partial charge in [-0.1, -0.05) is 12.1 Å². The summed E-state index contributed by atoms with van der Waals surface area (Å²) in [5.41, 5.74) is -0.136. The minimum atomic E-state index is -0.873. The Labute approximate surface area is 127 Å². The molecular weight excluding hydrogens is 288 g/mol. The molecule has 118 valence electrons. The predicted octanol–water partition coefficient (Wildman–Crippen LogP) is 0.370. The molecule has 0 fully saturated rings. The maximum atomic E-state index is 12.5. The van der Waals surface area contributed by atoms with Crippen LogP contribution in [0, 0.1) is 0 Å². The number of aldehydes is 2. The molecule has 1 aromatic rings. The number of rotatable bonds is 7. The standard InChI is InChI=1S/C15H18N2O5/c1-16-14(21)11(6-4-8-18)17(2)15(22)13-10(9-19)5-3-7-12(13)20/h3,5,7-9,11,20H,4,6H2,1-2H3,(H,16,21). The van der Waals surface area contributed by atoms with Crippen LogP contribution in [0.15, 0.2) is 18.2 Å². The van der Waals surface area contributed by atoms with E-state index in [2.05, 4.69) is 5.32 Å². The summed E-state index contributed by atoms with van der Waals surface area (Å²) in [6, 6.07) is 3.25. The van der Waals surface area contributed by atoms with E-state index in [1.54, 1.807) is 0 Å². The van der Waals surface area contributed by atoms with Crippen molar-refractivity contribution in [3.05, 3.63) is 29.3 Å². The van der Waals surface area contributed by atoms with Gasteiger partial charge in [0.15, 0.2) is 6.29 Å². The topological polar surface area (TPSA) is 104 Å². The molecule has 7 nitrogen and oxygen atoms in total. The highest BCUT2D eigenvalue weighted by Crippen LogP contribution is 2.23. The molecule has 7 heteroatoms. The van der Waals surface area contributed by atoms with Crippen LogP contribution in [0.25, 0.3) is 0 Å². The van der Waals surface area contributed by atoms with Crippen LogP contribution in [0.3, 0.4) is 0 Å². The van der Waals surface area contributed by atoms with Crippen LogP contribution in [-0.4, -0.2) is 54.5 Å². The fourth-order valence-corrected chi connectivity index (χ4v) is 2.10. The molecule has 0 heterocycles. The van der Waals surface area contributed by atoms with E-state index in [9.17, 15) is 24.3 Å². The maximum absolute atomic E-state index is 12.5. The van der Waals surface area contributed by atoms with Crippen molar-refractivity contribution in [1.82, 2.24) is 10.2 Å². The average Bonchev–Trinajstić information content (AvgIpc) is 2.53. The van der Waals surface area contributed by atoms with Gasteiger partial charge in [-0.2, -0.15) is 0 Å². The Morgan fingerprint density at radius 1 is 1.36 bits per heavy atom. The Bertz CT molecular complexity index is 585. The van der Waals surface area contributed by atoms with Crippen LogP contribution in [-0.2, 0) is 9.59 Å². The second-order valence-corrected chi connectivity index (χ2v) is 4.65. The molecule has 0 aromatic heterocycles. The van der Waals surface area contributed by atoms with Gasteiger partial charge in [0.1, 0.15) is 18.1 Å². The zero-order chi connectivity index (χ0) is 16.7. The number of nitrogens with zero attached hydrogens (tertiary/aromatic N) is 1. The molecule has 1 aromatic carbocycles. The third-order valence-electron chi connectivity index (χ3n) is 3.31. The first-order valence-electron chi connectivity index (χ1n) is 6.67. The van der Waals surface area contributed by atoms with Crippen molar-refractivity contribution in [2.45, 2.75) is 18.9 Å². The normalized spacial score (nSPS) is 11.4. The number of amides is 2. The van der Waals surface area contributed by atoms with Crippen molar-refractivity contribution in [1.29, 1.82) is 0 Å². The van der Waals surface area contributed by atoms with Gasteiger partial charge in [-0.05, 0) is 12.5 Å². The lowest BCUT2D eigenvalue weighted by Gasteiger charge is -2.27. The first-order chi connectivity index (χ1) is 10.5. The van der Waals surface area contributed by atoms with Crippen LogP contribution in [0.1, 0.15) is 33.6 Å². The van der Waals surface area contributed by atoms with E-state index >= 15 is 0 Å². The SMILES string of the molecule is CNC(=O)C(CCC=O)N(C)C(=O)c1c(O)cccc1C=O. The average molecular weight is 306 g/mol. The molecule has 2 N–H and O–H groups in total. The van der Waals surface area contributed by atoms with Crippen molar-refractivity contribution in [3.8, 4) is 5.75 Å². The van der Waals surface area contributed by atoms with E-state index in [-0.39, 0.29) is 29.7 Å². The van der Waals surface area contributed by atoms with Gasteiger partial charge in [0, 0.05) is 26.1 Å². The number of hydrogen-bond acceptors (Lipinski definition) is 5. The molecule has 1 unspecified atom stereocenters. The summed E-state index contributed by atoms with van der Waals surface area (Å²) in [6.45, 7) is 0. The summed E-state index contributed by atoms with van der Waals surface area (Å²) in [6.07, 6.45) is 1.37. The lowest BCUT2D eigenvalue weighted by atomic mass is 10.0. The van der Waals surface area contributed by atoms with Crippen LogP contribution >= 0.6 is 0 Å². The van der Waals surface area contributed by atoms with E-state index < -0.39 is 17.9 Å². The molecule has 0 radical (unpaired) electrons. The minimum Gasteiger partial charge on any atom is -0.507 e. The van der Waals surface area contributed by atoms with Crippen LogP contribution in [0.5, 0.6) is 5.75 Å². The van der Waals surface area contributed by atoms with Gasteiger partial charge in [-0.25, -0.2) is 0 Å². The summed E-state index contributed by atoms with van der Waals surface area (Å²) in [5, 5.41) is 12.3. The summed E-state index contributed by atoms with van der Waals surface area (Å²) >= 11 is 0. The molecule has 2 amide bonds. The zero-order valence-corrected chi connectivity index (χ0v) is 12.4. The van der Waals surface area contributed by atoms with E-state index in [0.29, 0.717) is 12.6 Å². The number of hydrogen-bond donors (Lipinski definition) is 2. The number of carbonyl (C=O) groups excluding carboxylic acids is 4. The number of aromatic hydroxyl groups is 1. The molecule has 0 aliphatic heterocycles. The molecule has 0 aliphatic carbocycles. The highest BCUT2D eigenvalue weighted by molar-refractivity contribution is 6.05. The summed E-state index contributed by atoms with van der Waals surface area (Å²) in [5.74, 6) is -1.44. The lowest BCUT2D eigenvalue weighted by molar-refractivity contribution is -0.125. The third-order valence-corrected chi connectivity index (χ3v) is 3.31. The van der Waals surface area contributed by atoms with E-state index in [4.69, 9.17) is 0 Å². The van der Waals surface area contributed by atoms with Crippen LogP contribution in [0.4, 0.5) is 0 Å². The number of benzene rings is 1. The second kappa shape index (κ2) is 7.92. The number of likely N-dealkylation sites (N-methyl/N-ethyl adjacent to an activating group) is 2. The number of nitrogens with one attached hydrogen (secondary N) is 1. The Morgan fingerprint density at radius 2 is 2.05 bits per heavy atom. The first-order valence-corrected chi connectivity index (χ1v) is 6.67. The first kappa shape index (κ1) is 17.4. The quantitative estimate of drug-likeness (QED) is 0.708. The second-order valence-electron chi connectivity index (χ2n) is 4.65. The summed E-state index contributed by atoms with van der Waals surface area (Å²) in [4.78, 5) is 47.1. The Morgan fingerprint density at radius 3 is 2.59 bits per heavy atom. The van der Waals surface area contributed by atoms with Crippen LogP contribution < -0.4 is 5.32 Å². The van der Waals surface area contributed by atoms with Gasteiger partial charge in [0.25, 0.3) is 5.91 Å². The van der Waals surface area contributed by atoms with E-state index in [1.165, 1.54) is 32.3 Å². The van der Waals surface area contributed by atoms with Crippen LogP contribution in [0.2, 0.25) is 0 Å². The van der Waals surface area contributed by atoms with Gasteiger partial charge < -0.3 is 20.1 Å². The highest BCUT2D eigenvalue weighted by atomic mass is 16.3. The number of phenolic OH excluding ortho intramolecular Hbond substituents is 1. The van der Waals surface area contributed by atoms with Gasteiger partial charge in [0.2, 0.25) is 5.91 Å². The highest BCUT2D eigenvalue weighted by Gasteiger charge is 2.29. The van der Waals surface area contributed by atoms with E-state index in [0.717, 1.165) is 4.90 Å². The van der Waals surface area contributed by atoms with Gasteiger partial charge >= 0.3 is 0 Å². The van der Waals surface area contributed by atoms with Gasteiger partial charge in [-0.3, -0.25) is 14.4 Å². The van der Waals surface area contributed by atoms with Gasteiger partial charge in [-0.15, -0.1) is 0 Å². The smallest absolute Gasteiger partial charge is 0.258 e. The zero-order valence-electron chi connectivity index (χ0n) is 12.4. The van der Waals surface area contributed by atoms with Crippen molar-refractivity contribution >= 4 is 24.4 Å². The summed E-state index contributed by atoms with van der Waals surface area (Å²) < 4.78 is 0. The molecule has 0 saturated heterocycles.